The Labute approximate surface area is 340 Å². The van der Waals surface area contributed by atoms with Gasteiger partial charge in [0, 0.05) is 86.8 Å². The molecule has 0 radical (unpaired) electrons. The summed E-state index contributed by atoms with van der Waals surface area (Å²) in [5.41, 5.74) is 2.01. The van der Waals surface area contributed by atoms with E-state index in [0.29, 0.717) is 53.8 Å². The van der Waals surface area contributed by atoms with Gasteiger partial charge in [-0.2, -0.15) is 0 Å². The second-order valence-electron chi connectivity index (χ2n) is 18.7. The first-order valence-corrected chi connectivity index (χ1v) is 21.8. The Morgan fingerprint density at radius 1 is 0.482 bits per heavy atom. The van der Waals surface area contributed by atoms with Gasteiger partial charge in [-0.1, -0.05) is 44.9 Å². The van der Waals surface area contributed by atoms with Gasteiger partial charge >= 0.3 is 0 Å². The highest BCUT2D eigenvalue weighted by atomic mass is 16.2. The summed E-state index contributed by atoms with van der Waals surface area (Å²) in [5.74, 6) is 1.59. The number of fused-ring (bicyclic) bond motifs is 1. The molecule has 1 spiro atoms. The summed E-state index contributed by atoms with van der Waals surface area (Å²) in [5, 5.41) is 0. The quantitative estimate of drug-likeness (QED) is 0.299. The van der Waals surface area contributed by atoms with E-state index in [1.165, 1.54) is 19.3 Å². The molecule has 5 heterocycles. The minimum atomic E-state index is -0.107. The first-order valence-electron chi connectivity index (χ1n) is 21.8. The molecule has 5 aliphatic heterocycles. The second kappa shape index (κ2) is 20.8. The van der Waals surface area contributed by atoms with Crippen LogP contribution in [0.1, 0.15) is 170 Å². The summed E-state index contributed by atoms with van der Waals surface area (Å²) < 4.78 is 0. The fourth-order valence-corrected chi connectivity index (χ4v) is 8.63. The third kappa shape index (κ3) is 12.0. The number of nitrogens with zero attached hydrogens (tertiary/aromatic N) is 5. The van der Waals surface area contributed by atoms with E-state index in [2.05, 4.69) is 60.3 Å². The highest BCUT2D eigenvalue weighted by Crippen LogP contribution is 2.46. The summed E-state index contributed by atoms with van der Waals surface area (Å²) in [6.45, 7) is 29.4. The molecule has 0 atom stereocenters. The van der Waals surface area contributed by atoms with Gasteiger partial charge in [-0.05, 0) is 126 Å². The largest absolute Gasteiger partial charge is 0.340 e. The third-order valence-corrected chi connectivity index (χ3v) is 12.4. The van der Waals surface area contributed by atoms with Gasteiger partial charge in [0.05, 0.1) is 5.41 Å². The molecule has 0 unspecified atom stereocenters. The predicted molar refractivity (Wildman–Crippen MR) is 226 cm³/mol. The van der Waals surface area contributed by atoms with Crippen molar-refractivity contribution in [2.45, 2.75) is 190 Å². The van der Waals surface area contributed by atoms with Gasteiger partial charge in [0.15, 0.2) is 0 Å². The van der Waals surface area contributed by atoms with Crippen molar-refractivity contribution < 1.29 is 24.0 Å². The summed E-state index contributed by atoms with van der Waals surface area (Å²) in [4.78, 5) is 67.4. The number of likely N-dealkylation sites (tertiary alicyclic amines) is 4. The first kappa shape index (κ1) is 46.9. The molecule has 6 aliphatic rings. The normalized spacial score (nSPS) is 21.2. The lowest BCUT2D eigenvalue weighted by Gasteiger charge is -2.30. The summed E-state index contributed by atoms with van der Waals surface area (Å²) in [6.07, 6.45) is 11.8. The predicted octanol–water partition coefficient (Wildman–Crippen LogP) is 8.32. The number of hydrogen-bond acceptors (Lipinski definition) is 5. The van der Waals surface area contributed by atoms with E-state index in [1.807, 2.05) is 71.6 Å². The van der Waals surface area contributed by atoms with Gasteiger partial charge in [-0.3, -0.25) is 24.0 Å². The maximum absolute atomic E-state index is 12.1. The Morgan fingerprint density at radius 3 is 1.34 bits per heavy atom. The molecular formula is C46H77N5O5. The molecule has 0 aromatic heterocycles. The second-order valence-corrected chi connectivity index (χ2v) is 18.7. The van der Waals surface area contributed by atoms with Crippen molar-refractivity contribution in [1.82, 2.24) is 24.5 Å². The van der Waals surface area contributed by atoms with Crippen LogP contribution in [-0.2, 0) is 25.7 Å². The number of hydrogen-bond donors (Lipinski definition) is 0. The Balaban J connectivity index is 0.000000189. The Hall–Kier alpha value is -3.43. The molecule has 1 aromatic carbocycles. The first-order chi connectivity index (χ1) is 26.2. The van der Waals surface area contributed by atoms with Crippen LogP contribution in [-0.4, -0.2) is 110 Å². The highest BCUT2D eigenvalue weighted by Gasteiger charge is 2.48. The molecular weight excluding hydrogens is 703 g/mol. The topological polar surface area (TPSA) is 102 Å². The lowest BCUT2D eigenvalue weighted by Crippen LogP contribution is -2.40. The van der Waals surface area contributed by atoms with Crippen LogP contribution in [0.25, 0.3) is 0 Å². The van der Waals surface area contributed by atoms with E-state index >= 15 is 0 Å². The molecule has 5 fully saturated rings. The van der Waals surface area contributed by atoms with Gasteiger partial charge in [0.1, 0.15) is 0 Å². The van der Waals surface area contributed by atoms with Gasteiger partial charge in [-0.25, -0.2) is 0 Å². The molecule has 0 N–H and O–H groups in total. The lowest BCUT2D eigenvalue weighted by molar-refractivity contribution is -0.137. The molecule has 5 amide bonds. The number of carbonyl (C=O) groups is 5. The van der Waals surface area contributed by atoms with Crippen LogP contribution in [0.3, 0.4) is 0 Å². The summed E-state index contributed by atoms with van der Waals surface area (Å²) in [7, 11) is 0. The van der Waals surface area contributed by atoms with Crippen molar-refractivity contribution in [2.75, 3.05) is 26.2 Å². The van der Waals surface area contributed by atoms with E-state index in [-0.39, 0.29) is 16.7 Å². The monoisotopic (exact) mass is 780 g/mol. The van der Waals surface area contributed by atoms with Gasteiger partial charge in [0.25, 0.3) is 5.91 Å². The standard InChI is InChI=1S/C11H19NO.C11H13NO.C9H17NO.C8H15NO.C7H13NO/c1-9(2)12-8-7-11(10(12)13)5-3-4-6-11;1-8(2)12-7-9-5-3-4-6-10(9)11(12)13;1-7(2)10-6-5-9(3,4)8(10)11;1-7(2)9-6-4-3-5-8(9)10;1-6(2)8-5-3-4-7(8)9/h9H,3-8H2,1-2H3;3-6,8H,7H2,1-2H3;7H,5-6H2,1-4H3;7H,3-6H2,1-2H3;6H,3-5H2,1-2H3. The average molecular weight is 780 g/mol. The molecule has 0 bridgehead atoms. The zero-order chi connectivity index (χ0) is 42.0. The average Bonchev–Trinajstić information content (AvgIpc) is 3.97. The van der Waals surface area contributed by atoms with Gasteiger partial charge in [-0.15, -0.1) is 0 Å². The Morgan fingerprint density at radius 2 is 0.946 bits per heavy atom. The summed E-state index contributed by atoms with van der Waals surface area (Å²) in [6, 6.07) is 9.68. The number of benzene rings is 1. The number of rotatable bonds is 5. The van der Waals surface area contributed by atoms with Crippen molar-refractivity contribution in [3.05, 3.63) is 35.4 Å². The van der Waals surface area contributed by atoms with Crippen molar-refractivity contribution in [3.8, 4) is 0 Å². The minimum absolute atomic E-state index is 0.0876. The van der Waals surface area contributed by atoms with Crippen LogP contribution in [0, 0.1) is 10.8 Å². The summed E-state index contributed by atoms with van der Waals surface area (Å²) >= 11 is 0. The highest BCUT2D eigenvalue weighted by molar-refractivity contribution is 5.98. The molecule has 56 heavy (non-hydrogen) atoms. The van der Waals surface area contributed by atoms with E-state index in [0.717, 1.165) is 95.2 Å². The van der Waals surface area contributed by atoms with Crippen LogP contribution in [0.5, 0.6) is 0 Å². The van der Waals surface area contributed by atoms with Crippen molar-refractivity contribution in [1.29, 1.82) is 0 Å². The Kier molecular flexibility index (Phi) is 17.5. The van der Waals surface area contributed by atoms with E-state index in [4.69, 9.17) is 0 Å². The fourth-order valence-electron chi connectivity index (χ4n) is 8.63. The smallest absolute Gasteiger partial charge is 0.254 e. The van der Waals surface area contributed by atoms with Gasteiger partial charge in [0.2, 0.25) is 23.6 Å². The molecule has 10 heteroatoms. The zero-order valence-corrected chi connectivity index (χ0v) is 37.3. The molecule has 316 valence electrons. The van der Waals surface area contributed by atoms with Crippen molar-refractivity contribution >= 4 is 29.5 Å². The van der Waals surface area contributed by atoms with Crippen LogP contribution in [0.2, 0.25) is 0 Å². The van der Waals surface area contributed by atoms with E-state index in [9.17, 15) is 24.0 Å². The maximum Gasteiger partial charge on any atom is 0.254 e. The Bertz CT molecular complexity index is 1480. The molecule has 1 saturated carbocycles. The molecule has 1 aromatic rings. The number of piperidine rings is 1. The van der Waals surface area contributed by atoms with E-state index < -0.39 is 0 Å². The van der Waals surface area contributed by atoms with Crippen LogP contribution < -0.4 is 0 Å². The zero-order valence-electron chi connectivity index (χ0n) is 37.3. The molecule has 7 rings (SSSR count). The number of amides is 5. The van der Waals surface area contributed by atoms with Crippen molar-refractivity contribution in [3.63, 3.8) is 0 Å². The third-order valence-electron chi connectivity index (χ3n) is 12.4. The van der Waals surface area contributed by atoms with Crippen LogP contribution in [0.15, 0.2) is 24.3 Å². The minimum Gasteiger partial charge on any atom is -0.340 e. The van der Waals surface area contributed by atoms with Crippen LogP contribution in [0.4, 0.5) is 0 Å². The molecule has 1 aliphatic carbocycles. The maximum atomic E-state index is 12.1. The number of carbonyl (C=O) groups excluding carboxylic acids is 5. The molecule has 10 nitrogen and oxygen atoms in total. The molecule has 4 saturated heterocycles. The van der Waals surface area contributed by atoms with E-state index in [1.54, 1.807) is 0 Å². The van der Waals surface area contributed by atoms with Crippen LogP contribution >= 0.6 is 0 Å². The SMILES string of the molecule is CC(C)N1CCC(C)(C)C1=O.CC(C)N1CCC2(CCCC2)C1=O.CC(C)N1CCCC1=O.CC(C)N1CCCCC1=O.CC(C)N1Cc2ccccc2C1=O. The lowest BCUT2D eigenvalue weighted by atomic mass is 9.85. The van der Waals surface area contributed by atoms with Crippen molar-refractivity contribution in [2.24, 2.45) is 10.8 Å². The fraction of sp³-hybridized carbons (Fsp3) is 0.761. The van der Waals surface area contributed by atoms with Gasteiger partial charge < -0.3 is 24.5 Å².